The summed E-state index contributed by atoms with van der Waals surface area (Å²) < 4.78 is 11.0. The van der Waals surface area contributed by atoms with Gasteiger partial charge in [0, 0.05) is 30.9 Å². The second-order valence-corrected chi connectivity index (χ2v) is 15.5. The molecule has 10 nitrogen and oxygen atoms in total. The molecule has 3 N–H and O–H groups in total. The molecule has 0 radical (unpaired) electrons. The zero-order valence-electron chi connectivity index (χ0n) is 27.3. The maximum Gasteiger partial charge on any atom is 0.306 e. The summed E-state index contributed by atoms with van der Waals surface area (Å²) in [5, 5.41) is 24.1. The molecule has 0 aromatic heterocycles. The SMILES string of the molecule is CC1(C)C[C@@H]([C@@H](CC(=O)O)NC(=O)CCC(=O)OCC(=O)[C@@]2(O)CC[C@H]3[C@@H]4CCC5=CC(=O)CC[C@]5(C)[C@H]4CC[C@@]32C)CCO1. The molecule has 0 spiro atoms. The van der Waals surface area contributed by atoms with Gasteiger partial charge in [-0.2, -0.15) is 0 Å². The number of Topliss-reactive ketones (excluding diaryl/α,β-unsaturated/α-hetero) is 1. The van der Waals surface area contributed by atoms with Gasteiger partial charge in [0.1, 0.15) is 5.60 Å². The zero-order chi connectivity index (χ0) is 32.8. The summed E-state index contributed by atoms with van der Waals surface area (Å²) >= 11 is 0. The molecule has 0 unspecified atom stereocenters. The van der Waals surface area contributed by atoms with Crippen molar-refractivity contribution in [2.45, 2.75) is 128 Å². The minimum absolute atomic E-state index is 0.000254. The van der Waals surface area contributed by atoms with Crippen LogP contribution in [0, 0.1) is 34.5 Å². The van der Waals surface area contributed by atoms with Gasteiger partial charge in [-0.25, -0.2) is 0 Å². The van der Waals surface area contributed by atoms with Crippen LogP contribution in [0.3, 0.4) is 0 Å². The number of aliphatic hydroxyl groups is 1. The largest absolute Gasteiger partial charge is 0.481 e. The number of ether oxygens (including phenoxy) is 2. The van der Waals surface area contributed by atoms with Gasteiger partial charge in [-0.3, -0.25) is 24.0 Å². The second-order valence-electron chi connectivity index (χ2n) is 15.5. The summed E-state index contributed by atoms with van der Waals surface area (Å²) in [5.41, 5.74) is -1.33. The Balaban J connectivity index is 1.13. The molecule has 1 amide bonds. The van der Waals surface area contributed by atoms with Gasteiger partial charge in [0.2, 0.25) is 11.7 Å². The fourth-order valence-electron chi connectivity index (χ4n) is 10.0. The second kappa shape index (κ2) is 12.5. The van der Waals surface area contributed by atoms with E-state index in [1.54, 1.807) is 0 Å². The third kappa shape index (κ3) is 6.51. The van der Waals surface area contributed by atoms with Crippen LogP contribution in [0.25, 0.3) is 0 Å². The van der Waals surface area contributed by atoms with Crippen molar-refractivity contribution in [1.29, 1.82) is 0 Å². The lowest BCUT2D eigenvalue weighted by atomic mass is 9.46. The minimum atomic E-state index is -1.58. The summed E-state index contributed by atoms with van der Waals surface area (Å²) in [4.78, 5) is 62.4. The van der Waals surface area contributed by atoms with E-state index in [4.69, 9.17) is 9.47 Å². The molecule has 3 saturated carbocycles. The predicted molar refractivity (Wildman–Crippen MR) is 164 cm³/mol. The van der Waals surface area contributed by atoms with Gasteiger partial charge in [0.25, 0.3) is 0 Å². The highest BCUT2D eigenvalue weighted by Gasteiger charge is 2.66. The highest BCUT2D eigenvalue weighted by atomic mass is 16.5. The number of rotatable bonds is 10. The fourth-order valence-corrected chi connectivity index (χ4v) is 10.0. The van der Waals surface area contributed by atoms with Gasteiger partial charge in [0.15, 0.2) is 12.4 Å². The first-order valence-corrected chi connectivity index (χ1v) is 16.9. The number of esters is 1. The average molecular weight is 630 g/mol. The van der Waals surface area contributed by atoms with Gasteiger partial charge < -0.3 is 25.0 Å². The van der Waals surface area contributed by atoms with E-state index in [-0.39, 0.29) is 42.3 Å². The van der Waals surface area contributed by atoms with Crippen LogP contribution >= 0.6 is 0 Å². The molecule has 250 valence electrons. The molecule has 10 heteroatoms. The van der Waals surface area contributed by atoms with E-state index in [0.717, 1.165) is 32.1 Å². The number of carbonyl (C=O) groups is 5. The number of hydrogen-bond acceptors (Lipinski definition) is 8. The molecule has 4 aliphatic carbocycles. The Hall–Kier alpha value is -2.59. The van der Waals surface area contributed by atoms with Crippen LogP contribution in [0.4, 0.5) is 0 Å². The third-order valence-corrected chi connectivity index (χ3v) is 12.5. The molecule has 1 saturated heterocycles. The highest BCUT2D eigenvalue weighted by Crippen LogP contribution is 2.67. The number of aliphatic carboxylic acids is 1. The van der Waals surface area contributed by atoms with Gasteiger partial charge in [0.05, 0.1) is 18.4 Å². The van der Waals surface area contributed by atoms with Crippen LogP contribution in [-0.2, 0) is 33.4 Å². The Morgan fingerprint density at radius 1 is 1.00 bits per heavy atom. The van der Waals surface area contributed by atoms with Crippen molar-refractivity contribution in [2.75, 3.05) is 13.2 Å². The molecule has 5 aliphatic rings. The van der Waals surface area contributed by atoms with Crippen molar-refractivity contribution >= 4 is 29.4 Å². The van der Waals surface area contributed by atoms with Crippen LogP contribution in [0.5, 0.6) is 0 Å². The van der Waals surface area contributed by atoms with Crippen LogP contribution in [-0.4, -0.2) is 70.1 Å². The number of ketones is 2. The predicted octanol–water partition coefficient (Wildman–Crippen LogP) is 4.31. The van der Waals surface area contributed by atoms with Crippen molar-refractivity contribution in [3.8, 4) is 0 Å². The van der Waals surface area contributed by atoms with E-state index in [1.807, 2.05) is 26.8 Å². The van der Waals surface area contributed by atoms with Crippen molar-refractivity contribution in [3.63, 3.8) is 0 Å². The number of nitrogens with one attached hydrogen (secondary N) is 1. The van der Waals surface area contributed by atoms with Crippen molar-refractivity contribution in [2.24, 2.45) is 34.5 Å². The number of hydrogen-bond donors (Lipinski definition) is 3. The topological polar surface area (TPSA) is 156 Å². The summed E-state index contributed by atoms with van der Waals surface area (Å²) in [6.45, 7) is 8.14. The van der Waals surface area contributed by atoms with Crippen LogP contribution in [0.15, 0.2) is 11.6 Å². The first-order valence-electron chi connectivity index (χ1n) is 16.9. The molecule has 0 aromatic rings. The molecule has 8 atom stereocenters. The summed E-state index contributed by atoms with van der Waals surface area (Å²) in [6, 6.07) is -0.578. The van der Waals surface area contributed by atoms with Crippen LogP contribution in [0.2, 0.25) is 0 Å². The molecular weight excluding hydrogens is 578 g/mol. The minimum Gasteiger partial charge on any atom is -0.481 e. The average Bonchev–Trinajstić information content (AvgIpc) is 3.25. The lowest BCUT2D eigenvalue weighted by Gasteiger charge is -2.58. The number of carboxylic acid groups (broad SMARTS) is 1. The molecule has 1 heterocycles. The number of fused-ring (bicyclic) bond motifs is 5. The molecule has 0 bridgehead atoms. The molecule has 5 rings (SSSR count). The Morgan fingerprint density at radius 2 is 1.73 bits per heavy atom. The van der Waals surface area contributed by atoms with E-state index in [9.17, 15) is 34.2 Å². The number of amides is 1. The van der Waals surface area contributed by atoms with Crippen LogP contribution < -0.4 is 5.32 Å². The Labute approximate surface area is 266 Å². The summed E-state index contributed by atoms with van der Waals surface area (Å²) in [5.74, 6) is -1.51. The monoisotopic (exact) mass is 629 g/mol. The van der Waals surface area contributed by atoms with Gasteiger partial charge in [-0.15, -0.1) is 0 Å². The molecule has 0 aromatic carbocycles. The zero-order valence-corrected chi connectivity index (χ0v) is 27.3. The quantitative estimate of drug-likeness (QED) is 0.300. The third-order valence-electron chi connectivity index (χ3n) is 12.5. The number of allylic oxidation sites excluding steroid dienone is 1. The van der Waals surface area contributed by atoms with Crippen molar-refractivity contribution in [3.05, 3.63) is 11.6 Å². The maximum absolute atomic E-state index is 13.5. The van der Waals surface area contributed by atoms with E-state index in [2.05, 4.69) is 12.2 Å². The van der Waals surface area contributed by atoms with Crippen molar-refractivity contribution < 1.29 is 43.7 Å². The Bertz CT molecular complexity index is 1260. The maximum atomic E-state index is 13.5. The molecule has 1 aliphatic heterocycles. The molecule has 45 heavy (non-hydrogen) atoms. The Kier molecular flexibility index (Phi) is 9.41. The van der Waals surface area contributed by atoms with Gasteiger partial charge >= 0.3 is 11.9 Å². The molecular formula is C35H51NO9. The highest BCUT2D eigenvalue weighted by molar-refractivity contribution is 5.92. The van der Waals surface area contributed by atoms with Gasteiger partial charge in [-0.1, -0.05) is 19.4 Å². The van der Waals surface area contributed by atoms with E-state index < -0.39 is 52.9 Å². The number of carboxylic acids is 1. The van der Waals surface area contributed by atoms with E-state index in [0.29, 0.717) is 50.5 Å². The standard InChI is InChI=1S/C35H51NO9/c1-32(2)19-21(12-16-45-32)27(18-30(40)41)36-29(39)7-8-31(42)44-20-28(38)35(43)15-11-26-24-6-5-22-17-23(37)9-13-33(22,3)25(24)10-14-34(26,35)4/h17,21,24-27,43H,5-16,18-20H2,1-4H3,(H,36,39)(H,40,41)/t21-,24+,25-,26-,27+,33-,34-,35-/m0/s1. The Morgan fingerprint density at radius 3 is 2.44 bits per heavy atom. The van der Waals surface area contributed by atoms with Crippen molar-refractivity contribution in [1.82, 2.24) is 5.32 Å². The van der Waals surface area contributed by atoms with E-state index in [1.165, 1.54) is 5.57 Å². The smallest absolute Gasteiger partial charge is 0.306 e. The normalized spacial score (nSPS) is 37.7. The lowest BCUT2D eigenvalue weighted by Crippen LogP contribution is -2.58. The summed E-state index contributed by atoms with van der Waals surface area (Å²) in [7, 11) is 0. The van der Waals surface area contributed by atoms with Gasteiger partial charge in [-0.05, 0) is 107 Å². The summed E-state index contributed by atoms with van der Waals surface area (Å²) in [6.07, 6.45) is 8.41. The lowest BCUT2D eigenvalue weighted by molar-refractivity contribution is -0.170. The number of carbonyl (C=O) groups excluding carboxylic acids is 4. The first-order chi connectivity index (χ1) is 21.1. The molecule has 4 fully saturated rings. The van der Waals surface area contributed by atoms with Crippen LogP contribution in [0.1, 0.15) is 111 Å². The van der Waals surface area contributed by atoms with E-state index >= 15 is 0 Å². The fraction of sp³-hybridized carbons (Fsp3) is 0.800. The first kappa shape index (κ1) is 33.8.